The second-order valence-corrected chi connectivity index (χ2v) is 6.40. The number of nitrogens with one attached hydrogen (secondary N) is 1. The molecule has 0 saturated heterocycles. The van der Waals surface area contributed by atoms with Gasteiger partial charge in [-0.3, -0.25) is 4.79 Å². The van der Waals surface area contributed by atoms with Crippen LogP contribution in [-0.2, 0) is 11.2 Å². The van der Waals surface area contributed by atoms with Gasteiger partial charge >= 0.3 is 0 Å². The van der Waals surface area contributed by atoms with Gasteiger partial charge in [-0.15, -0.1) is 0 Å². The van der Waals surface area contributed by atoms with Crippen molar-refractivity contribution in [1.29, 1.82) is 0 Å². The van der Waals surface area contributed by atoms with Crippen LogP contribution in [0.2, 0.25) is 0 Å². The smallest absolute Gasteiger partial charge is 0.265 e. The maximum atomic E-state index is 12.5. The molecule has 3 rings (SSSR count). The van der Waals surface area contributed by atoms with Crippen LogP contribution in [-0.4, -0.2) is 24.2 Å². The molecule has 1 N–H and O–H groups in total. The molecule has 0 fully saturated rings. The van der Waals surface area contributed by atoms with Crippen molar-refractivity contribution in [2.24, 2.45) is 0 Å². The van der Waals surface area contributed by atoms with Crippen LogP contribution in [0.5, 0.6) is 11.5 Å². The Bertz CT molecular complexity index is 682. The Hall–Kier alpha value is -2.49. The zero-order valence-corrected chi connectivity index (χ0v) is 13.4. The molecule has 23 heavy (non-hydrogen) atoms. The quantitative estimate of drug-likeness (QED) is 0.944. The van der Waals surface area contributed by atoms with E-state index in [0.717, 1.165) is 6.42 Å². The Morgan fingerprint density at radius 3 is 2.48 bits per heavy atom. The maximum Gasteiger partial charge on any atom is 0.265 e. The van der Waals surface area contributed by atoms with Crippen molar-refractivity contribution in [3.63, 3.8) is 0 Å². The summed E-state index contributed by atoms with van der Waals surface area (Å²) in [5.74, 6) is 1.14. The minimum atomic E-state index is -0.625. The molecule has 4 nitrogen and oxygen atoms in total. The monoisotopic (exact) mass is 311 g/mol. The van der Waals surface area contributed by atoms with E-state index in [4.69, 9.17) is 9.47 Å². The molecule has 120 valence electrons. The van der Waals surface area contributed by atoms with E-state index < -0.39 is 6.10 Å². The van der Waals surface area contributed by atoms with Gasteiger partial charge in [0.15, 0.2) is 11.5 Å². The molecule has 2 aromatic rings. The zero-order valence-electron chi connectivity index (χ0n) is 13.4. The normalized spacial score (nSPS) is 16.7. The van der Waals surface area contributed by atoms with Gasteiger partial charge in [0.1, 0.15) is 6.61 Å². The molecule has 0 spiro atoms. The van der Waals surface area contributed by atoms with Crippen molar-refractivity contribution in [1.82, 2.24) is 5.32 Å². The molecule has 1 aliphatic heterocycles. The second kappa shape index (κ2) is 6.32. The van der Waals surface area contributed by atoms with Crippen molar-refractivity contribution in [2.75, 3.05) is 6.61 Å². The van der Waals surface area contributed by atoms with E-state index in [9.17, 15) is 4.79 Å². The summed E-state index contributed by atoms with van der Waals surface area (Å²) in [5.41, 5.74) is 0.822. The Morgan fingerprint density at radius 2 is 1.74 bits per heavy atom. The zero-order chi connectivity index (χ0) is 16.3. The molecule has 1 unspecified atom stereocenters. The molecular formula is C19H21NO3. The first-order valence-corrected chi connectivity index (χ1v) is 7.78. The fourth-order valence-corrected chi connectivity index (χ4v) is 2.71. The van der Waals surface area contributed by atoms with E-state index in [-0.39, 0.29) is 18.1 Å². The van der Waals surface area contributed by atoms with E-state index >= 15 is 0 Å². The fraction of sp³-hybridized carbons (Fsp3) is 0.316. The lowest BCUT2D eigenvalue weighted by molar-refractivity contribution is -0.132. The van der Waals surface area contributed by atoms with Crippen molar-refractivity contribution in [3.05, 3.63) is 60.2 Å². The number of rotatable bonds is 4. The second-order valence-electron chi connectivity index (χ2n) is 6.40. The molecular weight excluding hydrogens is 290 g/mol. The molecule has 0 bridgehead atoms. The number of fused-ring (bicyclic) bond motifs is 1. The summed E-state index contributed by atoms with van der Waals surface area (Å²) >= 11 is 0. The van der Waals surface area contributed by atoms with Gasteiger partial charge in [-0.2, -0.15) is 0 Å². The largest absolute Gasteiger partial charge is 0.485 e. The molecule has 1 heterocycles. The number of hydrogen-bond donors (Lipinski definition) is 1. The van der Waals surface area contributed by atoms with Crippen molar-refractivity contribution >= 4 is 5.91 Å². The molecule has 1 aliphatic rings. The average molecular weight is 311 g/mol. The summed E-state index contributed by atoms with van der Waals surface area (Å²) in [4.78, 5) is 12.5. The summed E-state index contributed by atoms with van der Waals surface area (Å²) < 4.78 is 11.4. The fourth-order valence-electron chi connectivity index (χ4n) is 2.71. The predicted octanol–water partition coefficient (Wildman–Crippen LogP) is 2.96. The number of carbonyl (C=O) groups is 1. The lowest BCUT2D eigenvalue weighted by Crippen LogP contribution is -2.52. The number of hydrogen-bond acceptors (Lipinski definition) is 3. The first-order chi connectivity index (χ1) is 11.0. The van der Waals surface area contributed by atoms with Crippen LogP contribution in [0.3, 0.4) is 0 Å². The van der Waals surface area contributed by atoms with Crippen LogP contribution in [0.4, 0.5) is 0 Å². The molecule has 2 aromatic carbocycles. The van der Waals surface area contributed by atoms with E-state index in [1.807, 2.05) is 56.3 Å². The minimum absolute atomic E-state index is 0.152. The van der Waals surface area contributed by atoms with Crippen molar-refractivity contribution in [3.8, 4) is 11.5 Å². The van der Waals surface area contributed by atoms with Gasteiger partial charge in [-0.05, 0) is 38.0 Å². The van der Waals surface area contributed by atoms with Gasteiger partial charge in [0.05, 0.1) is 0 Å². The highest BCUT2D eigenvalue weighted by Gasteiger charge is 2.31. The molecule has 1 amide bonds. The number of amides is 1. The average Bonchev–Trinajstić information content (AvgIpc) is 2.54. The standard InChI is InChI=1S/C19H21NO3/c1-19(2,12-14-8-4-3-5-9-14)20-18(21)17-13-22-15-10-6-7-11-16(15)23-17/h3-11,17H,12-13H2,1-2H3,(H,20,21). The lowest BCUT2D eigenvalue weighted by atomic mass is 9.94. The molecule has 1 atom stereocenters. The number of carbonyl (C=O) groups excluding carboxylic acids is 1. The summed E-state index contributed by atoms with van der Waals surface area (Å²) in [6.45, 7) is 4.25. The number of ether oxygens (including phenoxy) is 2. The lowest BCUT2D eigenvalue weighted by Gasteiger charge is -2.31. The van der Waals surface area contributed by atoms with E-state index in [0.29, 0.717) is 11.5 Å². The topological polar surface area (TPSA) is 47.6 Å². The van der Waals surface area contributed by atoms with Gasteiger partial charge in [0.25, 0.3) is 5.91 Å². The third-order valence-corrected chi connectivity index (χ3v) is 3.75. The van der Waals surface area contributed by atoms with Crippen LogP contribution < -0.4 is 14.8 Å². The molecule has 0 radical (unpaired) electrons. The Balaban J connectivity index is 1.63. The van der Waals surface area contributed by atoms with Gasteiger partial charge in [-0.25, -0.2) is 0 Å². The van der Waals surface area contributed by atoms with Gasteiger partial charge in [-0.1, -0.05) is 42.5 Å². The Morgan fingerprint density at radius 1 is 1.09 bits per heavy atom. The maximum absolute atomic E-state index is 12.5. The van der Waals surface area contributed by atoms with E-state index in [1.165, 1.54) is 5.56 Å². The summed E-state index contributed by atoms with van der Waals surface area (Å²) in [5, 5.41) is 3.06. The van der Waals surface area contributed by atoms with Crippen LogP contribution in [0.25, 0.3) is 0 Å². The van der Waals surface area contributed by atoms with Gasteiger partial charge in [0, 0.05) is 5.54 Å². The van der Waals surface area contributed by atoms with Crippen LogP contribution >= 0.6 is 0 Å². The molecule has 0 aliphatic carbocycles. The highest BCUT2D eigenvalue weighted by Crippen LogP contribution is 2.31. The third-order valence-electron chi connectivity index (χ3n) is 3.75. The third kappa shape index (κ3) is 3.83. The Kier molecular flexibility index (Phi) is 4.24. The summed E-state index contributed by atoms with van der Waals surface area (Å²) in [6.07, 6.45) is 0.129. The van der Waals surface area contributed by atoms with Crippen molar-refractivity contribution in [2.45, 2.75) is 31.9 Å². The number of benzene rings is 2. The first kappa shape index (κ1) is 15.4. The molecule has 0 saturated carbocycles. The van der Waals surface area contributed by atoms with Crippen LogP contribution in [0.15, 0.2) is 54.6 Å². The van der Waals surface area contributed by atoms with Gasteiger partial charge in [0.2, 0.25) is 6.10 Å². The summed E-state index contributed by atoms with van der Waals surface area (Å²) in [6, 6.07) is 17.5. The van der Waals surface area contributed by atoms with Crippen LogP contribution in [0, 0.1) is 0 Å². The van der Waals surface area contributed by atoms with E-state index in [2.05, 4.69) is 17.4 Å². The summed E-state index contributed by atoms with van der Waals surface area (Å²) in [7, 11) is 0. The van der Waals surface area contributed by atoms with Crippen molar-refractivity contribution < 1.29 is 14.3 Å². The number of para-hydroxylation sites is 2. The van der Waals surface area contributed by atoms with Gasteiger partial charge < -0.3 is 14.8 Å². The predicted molar refractivity (Wildman–Crippen MR) is 88.7 cm³/mol. The SMILES string of the molecule is CC(C)(Cc1ccccc1)NC(=O)C1COc2ccccc2O1. The first-order valence-electron chi connectivity index (χ1n) is 7.78. The Labute approximate surface area is 136 Å². The minimum Gasteiger partial charge on any atom is -0.485 e. The highest BCUT2D eigenvalue weighted by atomic mass is 16.6. The van der Waals surface area contributed by atoms with E-state index in [1.54, 1.807) is 0 Å². The molecule has 0 aromatic heterocycles. The molecule has 4 heteroatoms. The highest BCUT2D eigenvalue weighted by molar-refractivity contribution is 5.82. The van der Waals surface area contributed by atoms with Crippen LogP contribution in [0.1, 0.15) is 19.4 Å².